The fourth-order valence-electron chi connectivity index (χ4n) is 1.23. The fourth-order valence-corrected chi connectivity index (χ4v) is 1.41. The number of hydrogen-bond acceptors (Lipinski definition) is 5. The first-order chi connectivity index (χ1) is 9.10. The highest BCUT2D eigenvalue weighted by molar-refractivity contribution is 7.65. The van der Waals surface area contributed by atoms with E-state index in [-0.39, 0.29) is 11.0 Å². The minimum Gasteiger partial charge on any atom is -0.774 e. The topological polar surface area (TPSA) is 57.1 Å². The lowest BCUT2D eigenvalue weighted by molar-refractivity contribution is -0.113. The van der Waals surface area contributed by atoms with Crippen molar-refractivity contribution in [1.82, 2.24) is 0 Å². The summed E-state index contributed by atoms with van der Waals surface area (Å²) in [6, 6.07) is 7.13. The van der Waals surface area contributed by atoms with Gasteiger partial charge >= 0.3 is 6.08 Å². The first-order valence-corrected chi connectivity index (χ1v) is 5.75. The summed E-state index contributed by atoms with van der Waals surface area (Å²) < 4.78 is 14.5. The van der Waals surface area contributed by atoms with Crippen molar-refractivity contribution in [2.45, 2.75) is 0 Å². The van der Waals surface area contributed by atoms with E-state index in [2.05, 4.69) is 4.99 Å². The largest absolute Gasteiger partial charge is 0.774 e. The number of rotatable bonds is 3. The molecule has 0 N–H and O–H groups in total. The Morgan fingerprint density at radius 3 is 2.21 bits per heavy atom. The normalized spacial score (nSPS) is 10.6. The van der Waals surface area contributed by atoms with Gasteiger partial charge in [-0.15, -0.1) is 9.90 Å². The lowest BCUT2D eigenvalue weighted by atomic mass is 10.2. The van der Waals surface area contributed by atoms with E-state index < -0.39 is 5.91 Å². The van der Waals surface area contributed by atoms with E-state index in [0.717, 1.165) is 11.3 Å². The molecule has 1 amide bonds. The SMILES string of the molecule is COC(=NC(=O)/C([S-])=C/c1ccc(OC)cc1)OC. The summed E-state index contributed by atoms with van der Waals surface area (Å²) in [6.45, 7) is 0. The Balaban J connectivity index is 2.85. The first-order valence-electron chi connectivity index (χ1n) is 5.34. The average Bonchev–Trinajstić information content (AvgIpc) is 2.45. The summed E-state index contributed by atoms with van der Waals surface area (Å²) in [4.78, 5) is 15.3. The van der Waals surface area contributed by atoms with Gasteiger partial charge in [0.05, 0.1) is 21.3 Å². The standard InChI is InChI=1S/C13H15NO4S/c1-16-10-6-4-9(5-7-10)8-11(19)12(15)14-13(17-2)18-3/h4-8,19H,1-3H3/p-1/b11-8-. The number of benzene rings is 1. The molecule has 0 aliphatic heterocycles. The van der Waals surface area contributed by atoms with Crippen LogP contribution in [0.4, 0.5) is 0 Å². The molecular formula is C13H14NO4S-. The molecule has 1 aromatic carbocycles. The molecule has 0 saturated heterocycles. The van der Waals surface area contributed by atoms with Gasteiger partial charge in [0.2, 0.25) is 0 Å². The molecule has 19 heavy (non-hydrogen) atoms. The Kier molecular flexibility index (Phi) is 5.81. The number of hydrogen-bond donors (Lipinski definition) is 0. The quantitative estimate of drug-likeness (QED) is 0.365. The Morgan fingerprint density at radius 2 is 1.74 bits per heavy atom. The highest BCUT2D eigenvalue weighted by Crippen LogP contribution is 2.14. The van der Waals surface area contributed by atoms with Crippen LogP contribution >= 0.6 is 0 Å². The maximum Gasteiger partial charge on any atom is 0.391 e. The Morgan fingerprint density at radius 1 is 1.16 bits per heavy atom. The molecule has 0 aromatic heterocycles. The minimum atomic E-state index is -0.593. The molecule has 1 rings (SSSR count). The summed E-state index contributed by atoms with van der Waals surface area (Å²) in [5.41, 5.74) is 0.783. The summed E-state index contributed by atoms with van der Waals surface area (Å²) in [5, 5.41) is 0. The molecule has 0 aliphatic carbocycles. The maximum absolute atomic E-state index is 11.7. The molecule has 102 valence electrons. The molecule has 0 heterocycles. The molecule has 0 spiro atoms. The van der Waals surface area contributed by atoms with Gasteiger partial charge in [0, 0.05) is 0 Å². The number of nitrogens with zero attached hydrogens (tertiary/aromatic N) is 1. The molecule has 0 unspecified atom stereocenters. The van der Waals surface area contributed by atoms with Gasteiger partial charge in [-0.1, -0.05) is 18.2 Å². The molecule has 0 saturated carbocycles. The molecule has 0 atom stereocenters. The smallest absolute Gasteiger partial charge is 0.391 e. The van der Waals surface area contributed by atoms with Crippen molar-refractivity contribution in [2.75, 3.05) is 21.3 Å². The lowest BCUT2D eigenvalue weighted by Gasteiger charge is -2.09. The third-order valence-electron chi connectivity index (χ3n) is 2.17. The van der Waals surface area contributed by atoms with E-state index in [9.17, 15) is 4.79 Å². The van der Waals surface area contributed by atoms with E-state index in [1.54, 1.807) is 37.5 Å². The van der Waals surface area contributed by atoms with Crippen molar-refractivity contribution >= 4 is 30.7 Å². The summed E-state index contributed by atoms with van der Waals surface area (Å²) in [5.74, 6) is 0.137. The van der Waals surface area contributed by atoms with E-state index in [0.29, 0.717) is 0 Å². The highest BCUT2D eigenvalue weighted by atomic mass is 32.1. The number of aliphatic imine (C=N–C) groups is 1. The van der Waals surface area contributed by atoms with E-state index in [1.807, 2.05) is 0 Å². The summed E-state index contributed by atoms with van der Waals surface area (Å²) in [7, 11) is 4.29. The Hall–Kier alpha value is -2.08. The van der Waals surface area contributed by atoms with Crippen LogP contribution in [0.1, 0.15) is 5.56 Å². The van der Waals surface area contributed by atoms with E-state index in [1.165, 1.54) is 14.2 Å². The molecule has 0 fully saturated rings. The van der Waals surface area contributed by atoms with Crippen molar-refractivity contribution in [3.63, 3.8) is 0 Å². The van der Waals surface area contributed by atoms with Crippen molar-refractivity contribution < 1.29 is 19.0 Å². The Bertz CT molecular complexity index is 488. The maximum atomic E-state index is 11.7. The second kappa shape index (κ2) is 7.38. The van der Waals surface area contributed by atoms with Gasteiger partial charge in [0.25, 0.3) is 5.91 Å². The van der Waals surface area contributed by atoms with Crippen molar-refractivity contribution in [3.05, 3.63) is 34.7 Å². The zero-order valence-electron chi connectivity index (χ0n) is 10.9. The predicted octanol–water partition coefficient (Wildman–Crippen LogP) is 1.76. The summed E-state index contributed by atoms with van der Waals surface area (Å²) >= 11 is 4.98. The highest BCUT2D eigenvalue weighted by Gasteiger charge is 2.02. The predicted molar refractivity (Wildman–Crippen MR) is 74.8 cm³/mol. The first kappa shape index (κ1) is 15.0. The van der Waals surface area contributed by atoms with Crippen LogP contribution in [0.5, 0.6) is 5.75 Å². The second-order valence-corrected chi connectivity index (χ2v) is 3.81. The second-order valence-electron chi connectivity index (χ2n) is 3.37. The number of amides is 1. The lowest BCUT2D eigenvalue weighted by Crippen LogP contribution is -2.08. The van der Waals surface area contributed by atoms with Gasteiger partial charge in [0.15, 0.2) is 0 Å². The third kappa shape index (κ3) is 4.59. The zero-order valence-corrected chi connectivity index (χ0v) is 11.7. The van der Waals surface area contributed by atoms with Crippen LogP contribution in [0.15, 0.2) is 34.2 Å². The monoisotopic (exact) mass is 280 g/mol. The van der Waals surface area contributed by atoms with Gasteiger partial charge in [-0.25, -0.2) is 0 Å². The van der Waals surface area contributed by atoms with Gasteiger partial charge in [-0.05, 0) is 17.7 Å². The van der Waals surface area contributed by atoms with Crippen LogP contribution in [-0.2, 0) is 26.9 Å². The van der Waals surface area contributed by atoms with Crippen LogP contribution in [0.2, 0.25) is 0 Å². The average molecular weight is 280 g/mol. The van der Waals surface area contributed by atoms with Gasteiger partial charge in [-0.2, -0.15) is 0 Å². The summed E-state index contributed by atoms with van der Waals surface area (Å²) in [6.07, 6.45) is 1.42. The van der Waals surface area contributed by atoms with Crippen LogP contribution in [0.3, 0.4) is 0 Å². The minimum absolute atomic E-state index is 0.0665. The molecule has 0 aliphatic rings. The van der Waals surface area contributed by atoms with Gasteiger partial charge < -0.3 is 26.8 Å². The number of carbonyl (C=O) groups excluding carboxylic acids is 1. The van der Waals surface area contributed by atoms with Crippen molar-refractivity contribution in [1.29, 1.82) is 0 Å². The number of methoxy groups -OCH3 is 3. The molecule has 0 radical (unpaired) electrons. The molecule has 1 aromatic rings. The molecule has 5 nitrogen and oxygen atoms in total. The van der Waals surface area contributed by atoms with Crippen LogP contribution in [-0.4, -0.2) is 33.3 Å². The number of ether oxygens (including phenoxy) is 3. The zero-order chi connectivity index (χ0) is 14.3. The van der Waals surface area contributed by atoms with Crippen molar-refractivity contribution in [3.8, 4) is 5.75 Å². The third-order valence-corrected chi connectivity index (χ3v) is 2.46. The van der Waals surface area contributed by atoms with Crippen LogP contribution in [0.25, 0.3) is 6.08 Å². The van der Waals surface area contributed by atoms with Crippen molar-refractivity contribution in [2.24, 2.45) is 4.99 Å². The molecule has 6 heteroatoms. The van der Waals surface area contributed by atoms with E-state index in [4.69, 9.17) is 26.8 Å². The molecular weight excluding hydrogens is 266 g/mol. The van der Waals surface area contributed by atoms with Crippen LogP contribution < -0.4 is 4.74 Å². The number of carbonyl (C=O) groups is 1. The van der Waals surface area contributed by atoms with E-state index >= 15 is 0 Å². The van der Waals surface area contributed by atoms with Crippen LogP contribution in [0, 0.1) is 0 Å². The Labute approximate surface area is 117 Å². The van der Waals surface area contributed by atoms with Gasteiger partial charge in [0.1, 0.15) is 5.75 Å². The molecule has 0 bridgehead atoms. The fraction of sp³-hybridized carbons (Fsp3) is 0.231. The van der Waals surface area contributed by atoms with Gasteiger partial charge in [-0.3, -0.25) is 4.79 Å².